The number of furan rings is 1. The van der Waals surface area contributed by atoms with Gasteiger partial charge in [-0.3, -0.25) is 15.0 Å². The average Bonchev–Trinajstić information content (AvgIpc) is 3.65. The number of H-pyrrole nitrogens is 1. The monoisotopic (exact) mass is 499 g/mol. The first-order chi connectivity index (χ1) is 17.1. The van der Waals surface area contributed by atoms with E-state index in [9.17, 15) is 9.59 Å². The number of nitrogens with one attached hydrogen (secondary N) is 2. The minimum Gasteiger partial charge on any atom is -0.467 e. The standard InChI is InChI=1S/C27H18ClN3O3S/c28-17-10-11-19-18(14-17)24(16-6-2-1-3-7-16)25(26(32)29-19)20-15-21(22-8-4-12-34-22)31(30-20)27(33)23-9-5-13-35-23/h1-15,21,30H,(H,29,32)/t21-/m1/s1. The summed E-state index contributed by atoms with van der Waals surface area (Å²) >= 11 is 7.71. The molecule has 172 valence electrons. The van der Waals surface area contributed by atoms with E-state index in [1.807, 2.05) is 60.0 Å². The van der Waals surface area contributed by atoms with Gasteiger partial charge in [0.15, 0.2) is 0 Å². The number of hydrazine groups is 1. The summed E-state index contributed by atoms with van der Waals surface area (Å²) in [4.78, 5) is 30.4. The number of carbonyl (C=O) groups is 1. The lowest BCUT2D eigenvalue weighted by Crippen LogP contribution is -2.39. The highest BCUT2D eigenvalue weighted by Crippen LogP contribution is 2.38. The van der Waals surface area contributed by atoms with E-state index in [-0.39, 0.29) is 11.5 Å². The van der Waals surface area contributed by atoms with Gasteiger partial charge in [0.2, 0.25) is 0 Å². The first kappa shape index (κ1) is 21.5. The lowest BCUT2D eigenvalue weighted by molar-refractivity contribution is 0.0660. The molecule has 8 heteroatoms. The van der Waals surface area contributed by atoms with Gasteiger partial charge in [-0.15, -0.1) is 11.3 Å². The highest BCUT2D eigenvalue weighted by molar-refractivity contribution is 7.12. The van der Waals surface area contributed by atoms with Crippen molar-refractivity contribution in [3.63, 3.8) is 0 Å². The molecular formula is C27H18ClN3O3S. The van der Waals surface area contributed by atoms with Crippen molar-refractivity contribution >= 4 is 45.4 Å². The Morgan fingerprint density at radius 1 is 1.00 bits per heavy atom. The Balaban J connectivity index is 1.57. The molecule has 2 N–H and O–H groups in total. The molecule has 0 unspecified atom stereocenters. The zero-order valence-corrected chi connectivity index (χ0v) is 19.8. The molecule has 6 nitrogen and oxygen atoms in total. The van der Waals surface area contributed by atoms with Crippen LogP contribution in [0.3, 0.4) is 0 Å². The average molecular weight is 500 g/mol. The van der Waals surface area contributed by atoms with Crippen molar-refractivity contribution < 1.29 is 9.21 Å². The van der Waals surface area contributed by atoms with Crippen molar-refractivity contribution in [3.8, 4) is 11.1 Å². The zero-order valence-electron chi connectivity index (χ0n) is 18.2. The summed E-state index contributed by atoms with van der Waals surface area (Å²) in [5.41, 5.74) is 6.13. The second-order valence-corrected chi connectivity index (χ2v) is 9.45. The van der Waals surface area contributed by atoms with Crippen LogP contribution in [-0.4, -0.2) is 15.9 Å². The number of halogens is 1. The van der Waals surface area contributed by atoms with Crippen LogP contribution in [-0.2, 0) is 0 Å². The third kappa shape index (κ3) is 3.75. The third-order valence-electron chi connectivity index (χ3n) is 5.94. The number of aromatic amines is 1. The molecule has 1 atom stereocenters. The van der Waals surface area contributed by atoms with Gasteiger partial charge in [-0.1, -0.05) is 48.0 Å². The fourth-order valence-electron chi connectivity index (χ4n) is 4.40. The molecule has 0 saturated heterocycles. The van der Waals surface area contributed by atoms with Gasteiger partial charge in [0.1, 0.15) is 11.8 Å². The van der Waals surface area contributed by atoms with Crippen LogP contribution in [0.5, 0.6) is 0 Å². The number of thiophene rings is 1. The second-order valence-electron chi connectivity index (χ2n) is 8.06. The molecule has 5 aromatic rings. The predicted molar refractivity (Wildman–Crippen MR) is 138 cm³/mol. The van der Waals surface area contributed by atoms with Gasteiger partial charge >= 0.3 is 0 Å². The molecule has 3 aromatic heterocycles. The number of pyridine rings is 1. The number of fused-ring (bicyclic) bond motifs is 1. The smallest absolute Gasteiger partial charge is 0.283 e. The van der Waals surface area contributed by atoms with Crippen molar-refractivity contribution in [1.82, 2.24) is 15.4 Å². The number of hydrogen-bond acceptors (Lipinski definition) is 5. The Morgan fingerprint density at radius 2 is 1.86 bits per heavy atom. The first-order valence-corrected chi connectivity index (χ1v) is 12.2. The van der Waals surface area contributed by atoms with Crippen molar-refractivity contribution in [2.75, 3.05) is 0 Å². The Bertz CT molecular complexity index is 1620. The number of benzene rings is 2. The fraction of sp³-hybridized carbons (Fsp3) is 0.0370. The normalized spacial score (nSPS) is 15.3. The highest BCUT2D eigenvalue weighted by atomic mass is 35.5. The van der Waals surface area contributed by atoms with E-state index in [1.54, 1.807) is 30.5 Å². The van der Waals surface area contributed by atoms with E-state index in [1.165, 1.54) is 16.3 Å². The van der Waals surface area contributed by atoms with Gasteiger partial charge in [-0.25, -0.2) is 5.01 Å². The van der Waals surface area contributed by atoms with Crippen LogP contribution in [0, 0.1) is 0 Å². The summed E-state index contributed by atoms with van der Waals surface area (Å²) in [5.74, 6) is 0.369. The molecule has 0 fully saturated rings. The molecule has 0 bridgehead atoms. The van der Waals surface area contributed by atoms with Crippen LogP contribution in [0.25, 0.3) is 27.7 Å². The molecular weight excluding hydrogens is 482 g/mol. The molecule has 2 aromatic carbocycles. The zero-order chi connectivity index (χ0) is 23.9. The van der Waals surface area contributed by atoms with Crippen LogP contribution >= 0.6 is 22.9 Å². The van der Waals surface area contributed by atoms with E-state index < -0.39 is 6.04 Å². The molecule has 1 aliphatic heterocycles. The Labute approximate surface area is 209 Å². The van der Waals surface area contributed by atoms with Crippen molar-refractivity contribution in [2.24, 2.45) is 0 Å². The van der Waals surface area contributed by atoms with Gasteiger partial charge in [-0.2, -0.15) is 0 Å². The lowest BCUT2D eigenvalue weighted by atomic mass is 9.94. The number of carbonyl (C=O) groups excluding carboxylic acids is 1. The van der Waals surface area contributed by atoms with E-state index in [0.717, 1.165) is 16.5 Å². The largest absolute Gasteiger partial charge is 0.467 e. The van der Waals surface area contributed by atoms with Crippen LogP contribution < -0.4 is 11.0 Å². The number of amides is 1. The lowest BCUT2D eigenvalue weighted by Gasteiger charge is -2.23. The van der Waals surface area contributed by atoms with Gasteiger partial charge < -0.3 is 9.40 Å². The molecule has 0 aliphatic carbocycles. The van der Waals surface area contributed by atoms with E-state index >= 15 is 0 Å². The van der Waals surface area contributed by atoms with Crippen LogP contribution in [0.1, 0.15) is 27.0 Å². The maximum Gasteiger partial charge on any atom is 0.283 e. The molecule has 35 heavy (non-hydrogen) atoms. The maximum absolute atomic E-state index is 13.5. The Hall–Kier alpha value is -4.07. The van der Waals surface area contributed by atoms with Crippen molar-refractivity contribution in [2.45, 2.75) is 6.04 Å². The van der Waals surface area contributed by atoms with Crippen molar-refractivity contribution in [1.29, 1.82) is 0 Å². The summed E-state index contributed by atoms with van der Waals surface area (Å²) < 4.78 is 5.65. The minimum absolute atomic E-state index is 0.214. The molecule has 1 amide bonds. The van der Waals surface area contributed by atoms with Crippen LogP contribution in [0.15, 0.2) is 99.7 Å². The number of hydrogen-bond donors (Lipinski definition) is 2. The quantitative estimate of drug-likeness (QED) is 0.306. The molecule has 0 spiro atoms. The van der Waals surface area contributed by atoms with E-state index in [0.29, 0.717) is 32.4 Å². The maximum atomic E-state index is 13.5. The summed E-state index contributed by atoms with van der Waals surface area (Å²) in [7, 11) is 0. The topological polar surface area (TPSA) is 78.3 Å². The SMILES string of the molecule is O=C(c1cccs1)N1NC(c2c(-c3ccccc3)c3cc(Cl)ccc3[nH]c2=O)=C[C@@H]1c1ccco1. The minimum atomic E-state index is -0.535. The summed E-state index contributed by atoms with van der Waals surface area (Å²) in [6.45, 7) is 0. The number of rotatable bonds is 4. The van der Waals surface area contributed by atoms with E-state index in [2.05, 4.69) is 10.4 Å². The van der Waals surface area contributed by atoms with Crippen LogP contribution in [0.4, 0.5) is 0 Å². The molecule has 0 radical (unpaired) electrons. The molecule has 1 aliphatic rings. The van der Waals surface area contributed by atoms with Crippen LogP contribution in [0.2, 0.25) is 5.02 Å². The predicted octanol–water partition coefficient (Wildman–Crippen LogP) is 6.25. The Morgan fingerprint density at radius 3 is 2.60 bits per heavy atom. The molecule has 0 saturated carbocycles. The van der Waals surface area contributed by atoms with Gasteiger partial charge in [0.25, 0.3) is 11.5 Å². The van der Waals surface area contributed by atoms with Gasteiger partial charge in [0.05, 0.1) is 22.4 Å². The van der Waals surface area contributed by atoms with E-state index in [4.69, 9.17) is 16.0 Å². The molecule has 4 heterocycles. The Kier molecular flexibility index (Phi) is 5.28. The second kappa shape index (κ2) is 8.61. The summed E-state index contributed by atoms with van der Waals surface area (Å²) in [6.07, 6.45) is 3.41. The van der Waals surface area contributed by atoms with Gasteiger partial charge in [0, 0.05) is 21.5 Å². The van der Waals surface area contributed by atoms with Gasteiger partial charge in [-0.05, 0) is 53.4 Å². The number of nitrogens with zero attached hydrogens (tertiary/aromatic N) is 1. The molecule has 6 rings (SSSR count). The fourth-order valence-corrected chi connectivity index (χ4v) is 5.23. The third-order valence-corrected chi connectivity index (χ3v) is 7.03. The highest BCUT2D eigenvalue weighted by Gasteiger charge is 2.35. The first-order valence-electron chi connectivity index (χ1n) is 10.9. The van der Waals surface area contributed by atoms with Crippen molar-refractivity contribution in [3.05, 3.63) is 122 Å². The summed E-state index contributed by atoms with van der Waals surface area (Å²) in [5, 5.41) is 4.71. The number of aromatic nitrogens is 1. The summed E-state index contributed by atoms with van der Waals surface area (Å²) in [6, 6.07) is 21.7.